The minimum absolute atomic E-state index is 0.110. The molecule has 0 spiro atoms. The maximum absolute atomic E-state index is 12.4. The molecule has 2 atom stereocenters. The summed E-state index contributed by atoms with van der Waals surface area (Å²) in [6, 6.07) is 9.67. The van der Waals surface area contributed by atoms with Crippen LogP contribution in [0.1, 0.15) is 17.3 Å². The van der Waals surface area contributed by atoms with Crippen molar-refractivity contribution in [2.45, 2.75) is 6.92 Å². The Balaban J connectivity index is 1.96. The first-order valence-corrected chi connectivity index (χ1v) is 6.35. The van der Waals surface area contributed by atoms with Gasteiger partial charge < -0.3 is 5.32 Å². The number of hydrogen-bond donors (Lipinski definition) is 1. The van der Waals surface area contributed by atoms with E-state index < -0.39 is 0 Å². The fourth-order valence-corrected chi connectivity index (χ4v) is 2.60. The number of benzene rings is 1. The van der Waals surface area contributed by atoms with E-state index in [-0.39, 0.29) is 11.7 Å². The van der Waals surface area contributed by atoms with E-state index in [0.717, 1.165) is 29.6 Å². The molecule has 1 aromatic heterocycles. The summed E-state index contributed by atoms with van der Waals surface area (Å²) >= 11 is 0. The van der Waals surface area contributed by atoms with Crippen LogP contribution < -0.4 is 5.32 Å². The zero-order valence-corrected chi connectivity index (χ0v) is 10.4. The summed E-state index contributed by atoms with van der Waals surface area (Å²) in [5, 5.41) is 4.31. The smallest absolute Gasteiger partial charge is 0.167 e. The van der Waals surface area contributed by atoms with Gasteiger partial charge in [-0.25, -0.2) is 0 Å². The summed E-state index contributed by atoms with van der Waals surface area (Å²) in [7, 11) is 0. The lowest BCUT2D eigenvalue weighted by Crippen LogP contribution is -2.21. The van der Waals surface area contributed by atoms with Crippen LogP contribution in [-0.2, 0) is 0 Å². The molecule has 3 heteroatoms. The van der Waals surface area contributed by atoms with Gasteiger partial charge in [-0.1, -0.05) is 13.0 Å². The number of carbonyl (C=O) groups is 1. The van der Waals surface area contributed by atoms with Gasteiger partial charge in [0, 0.05) is 29.6 Å². The van der Waals surface area contributed by atoms with Gasteiger partial charge in [-0.2, -0.15) is 0 Å². The van der Waals surface area contributed by atoms with Crippen LogP contribution in [0, 0.1) is 11.8 Å². The third kappa shape index (κ3) is 1.91. The van der Waals surface area contributed by atoms with Gasteiger partial charge in [0.2, 0.25) is 0 Å². The molecule has 1 saturated heterocycles. The summed E-state index contributed by atoms with van der Waals surface area (Å²) in [5.74, 6) is 0.777. The van der Waals surface area contributed by atoms with Gasteiger partial charge >= 0.3 is 0 Å². The molecule has 3 nitrogen and oxygen atoms in total. The molecule has 0 amide bonds. The molecule has 1 fully saturated rings. The third-order valence-corrected chi connectivity index (χ3v) is 3.74. The van der Waals surface area contributed by atoms with E-state index >= 15 is 0 Å². The molecular formula is C15H16N2O. The highest BCUT2D eigenvalue weighted by atomic mass is 16.1. The van der Waals surface area contributed by atoms with Crippen molar-refractivity contribution in [3.63, 3.8) is 0 Å². The minimum Gasteiger partial charge on any atom is -0.316 e. The lowest BCUT2D eigenvalue weighted by Gasteiger charge is -2.13. The van der Waals surface area contributed by atoms with Crippen molar-refractivity contribution in [3.8, 4) is 0 Å². The van der Waals surface area contributed by atoms with Gasteiger partial charge in [0.25, 0.3) is 0 Å². The lowest BCUT2D eigenvalue weighted by atomic mass is 9.89. The van der Waals surface area contributed by atoms with Crippen molar-refractivity contribution >= 4 is 16.7 Å². The maximum Gasteiger partial charge on any atom is 0.167 e. The van der Waals surface area contributed by atoms with Gasteiger partial charge in [0.15, 0.2) is 5.78 Å². The number of nitrogens with zero attached hydrogens (tertiary/aromatic N) is 1. The first kappa shape index (κ1) is 11.4. The van der Waals surface area contributed by atoms with E-state index in [1.165, 1.54) is 0 Å². The average molecular weight is 240 g/mol. The van der Waals surface area contributed by atoms with Crippen molar-refractivity contribution in [3.05, 3.63) is 42.1 Å². The number of carbonyl (C=O) groups excluding carboxylic acids is 1. The van der Waals surface area contributed by atoms with E-state index in [9.17, 15) is 4.79 Å². The summed E-state index contributed by atoms with van der Waals surface area (Å²) < 4.78 is 0. The Morgan fingerprint density at radius 1 is 1.33 bits per heavy atom. The Labute approximate surface area is 106 Å². The van der Waals surface area contributed by atoms with E-state index in [4.69, 9.17) is 0 Å². The van der Waals surface area contributed by atoms with Crippen LogP contribution >= 0.6 is 0 Å². The highest BCUT2D eigenvalue weighted by Gasteiger charge is 2.30. The first-order chi connectivity index (χ1) is 8.75. The maximum atomic E-state index is 12.4. The zero-order chi connectivity index (χ0) is 12.5. The number of fused-ring (bicyclic) bond motifs is 1. The Hall–Kier alpha value is -1.74. The molecule has 0 radical (unpaired) electrons. The monoisotopic (exact) mass is 240 g/mol. The van der Waals surface area contributed by atoms with E-state index in [2.05, 4.69) is 17.2 Å². The molecule has 3 rings (SSSR count). The Morgan fingerprint density at radius 3 is 3.00 bits per heavy atom. The van der Waals surface area contributed by atoms with Gasteiger partial charge in [-0.05, 0) is 36.7 Å². The Morgan fingerprint density at radius 2 is 2.22 bits per heavy atom. The summed E-state index contributed by atoms with van der Waals surface area (Å²) in [6.45, 7) is 3.86. The van der Waals surface area contributed by atoms with Crippen molar-refractivity contribution < 1.29 is 4.79 Å². The number of hydrogen-bond acceptors (Lipinski definition) is 3. The predicted molar refractivity (Wildman–Crippen MR) is 71.6 cm³/mol. The Kier molecular flexibility index (Phi) is 2.84. The van der Waals surface area contributed by atoms with Crippen LogP contribution in [0.2, 0.25) is 0 Å². The largest absolute Gasteiger partial charge is 0.316 e. The molecule has 0 saturated carbocycles. The zero-order valence-electron chi connectivity index (χ0n) is 10.4. The van der Waals surface area contributed by atoms with Gasteiger partial charge in [0.1, 0.15) is 0 Å². The molecule has 1 aliphatic heterocycles. The molecule has 18 heavy (non-hydrogen) atoms. The topological polar surface area (TPSA) is 42.0 Å². The van der Waals surface area contributed by atoms with Crippen molar-refractivity contribution in [1.82, 2.24) is 10.3 Å². The van der Waals surface area contributed by atoms with E-state index in [1.54, 1.807) is 6.20 Å². The summed E-state index contributed by atoms with van der Waals surface area (Å²) in [4.78, 5) is 16.7. The second-order valence-corrected chi connectivity index (χ2v) is 5.02. The molecule has 2 heterocycles. The number of rotatable bonds is 2. The average Bonchev–Trinajstić information content (AvgIpc) is 2.83. The fraction of sp³-hybridized carbons (Fsp3) is 0.333. The predicted octanol–water partition coefficient (Wildman–Crippen LogP) is 2.27. The molecule has 0 aliphatic carbocycles. The van der Waals surface area contributed by atoms with Crippen LogP contribution in [-0.4, -0.2) is 23.9 Å². The number of nitrogens with one attached hydrogen (secondary N) is 1. The molecular weight excluding hydrogens is 224 g/mol. The molecule has 92 valence electrons. The van der Waals surface area contributed by atoms with Crippen LogP contribution in [0.3, 0.4) is 0 Å². The molecule has 1 aromatic carbocycles. The Bertz CT molecular complexity index is 594. The van der Waals surface area contributed by atoms with Crippen molar-refractivity contribution in [1.29, 1.82) is 0 Å². The second-order valence-electron chi connectivity index (χ2n) is 5.02. The van der Waals surface area contributed by atoms with Crippen molar-refractivity contribution in [2.24, 2.45) is 11.8 Å². The van der Waals surface area contributed by atoms with Crippen molar-refractivity contribution in [2.75, 3.05) is 13.1 Å². The van der Waals surface area contributed by atoms with Gasteiger partial charge in [-0.15, -0.1) is 0 Å². The lowest BCUT2D eigenvalue weighted by molar-refractivity contribution is 0.0908. The van der Waals surface area contributed by atoms with Crippen LogP contribution in [0.15, 0.2) is 36.5 Å². The highest BCUT2D eigenvalue weighted by molar-refractivity contribution is 6.01. The second kappa shape index (κ2) is 4.50. The first-order valence-electron chi connectivity index (χ1n) is 6.35. The van der Waals surface area contributed by atoms with E-state index in [0.29, 0.717) is 5.92 Å². The van der Waals surface area contributed by atoms with Crippen LogP contribution in [0.25, 0.3) is 10.9 Å². The molecule has 0 bridgehead atoms. The molecule has 2 unspecified atom stereocenters. The summed E-state index contributed by atoms with van der Waals surface area (Å²) in [5.41, 5.74) is 1.74. The van der Waals surface area contributed by atoms with Crippen LogP contribution in [0.5, 0.6) is 0 Å². The van der Waals surface area contributed by atoms with Crippen LogP contribution in [0.4, 0.5) is 0 Å². The number of ketones is 1. The molecule has 2 aromatic rings. The third-order valence-electron chi connectivity index (χ3n) is 3.74. The quantitative estimate of drug-likeness (QED) is 0.819. The van der Waals surface area contributed by atoms with Gasteiger partial charge in [-0.3, -0.25) is 9.78 Å². The fourth-order valence-electron chi connectivity index (χ4n) is 2.60. The molecule has 1 aliphatic rings. The standard InChI is InChI=1S/C15H16N2O/c1-10-8-16-9-13(10)15(18)12-4-5-14-11(7-12)3-2-6-17-14/h2-7,10,13,16H,8-9H2,1H3. The normalized spacial score (nSPS) is 23.4. The van der Waals surface area contributed by atoms with E-state index in [1.807, 2.05) is 30.3 Å². The SMILES string of the molecule is CC1CNCC1C(=O)c1ccc2ncccc2c1. The number of Topliss-reactive ketones (excluding diaryl/α,β-unsaturated/α-hetero) is 1. The highest BCUT2D eigenvalue weighted by Crippen LogP contribution is 2.22. The summed E-state index contributed by atoms with van der Waals surface area (Å²) in [6.07, 6.45) is 1.77. The number of pyridine rings is 1. The molecule has 1 N–H and O–H groups in total. The number of aromatic nitrogens is 1. The van der Waals surface area contributed by atoms with Gasteiger partial charge in [0.05, 0.1) is 5.52 Å². The minimum atomic E-state index is 0.110.